The summed E-state index contributed by atoms with van der Waals surface area (Å²) < 4.78 is 0. The van der Waals surface area contributed by atoms with Crippen LogP contribution in [0.4, 0.5) is 17.1 Å². The summed E-state index contributed by atoms with van der Waals surface area (Å²) in [4.78, 5) is 2.40. The van der Waals surface area contributed by atoms with Gasteiger partial charge in [0.15, 0.2) is 0 Å². The van der Waals surface area contributed by atoms with E-state index in [9.17, 15) is 5.26 Å². The molecule has 8 aromatic carbocycles. The molecule has 0 amide bonds. The van der Waals surface area contributed by atoms with Gasteiger partial charge in [0.2, 0.25) is 0 Å². The van der Waals surface area contributed by atoms with Gasteiger partial charge in [-0.2, -0.15) is 5.26 Å². The Bertz CT molecular complexity index is 2290. The highest BCUT2D eigenvalue weighted by Gasteiger charge is 2.22. The zero-order chi connectivity index (χ0) is 29.1. The van der Waals surface area contributed by atoms with Crippen molar-refractivity contribution in [1.29, 1.82) is 5.26 Å². The van der Waals surface area contributed by atoms with E-state index >= 15 is 0 Å². The molecule has 2 heteroatoms. The molecule has 0 atom stereocenters. The first-order valence-electron chi connectivity index (χ1n) is 14.7. The van der Waals surface area contributed by atoms with E-state index in [4.69, 9.17) is 0 Å². The van der Waals surface area contributed by atoms with Crippen molar-refractivity contribution >= 4 is 60.2 Å². The maximum Gasteiger partial charge on any atom is 0.0991 e. The first-order chi connectivity index (χ1) is 21.1. The van der Waals surface area contributed by atoms with Crippen molar-refractivity contribution in [3.8, 4) is 17.2 Å². The molecule has 0 saturated heterocycles. The highest BCUT2D eigenvalue weighted by molar-refractivity contribution is 6.36. The van der Waals surface area contributed by atoms with Crippen LogP contribution in [0.5, 0.6) is 0 Å². The van der Waals surface area contributed by atoms with E-state index in [0.29, 0.717) is 5.56 Å². The van der Waals surface area contributed by atoms with E-state index in [-0.39, 0.29) is 0 Å². The number of nitriles is 1. The number of anilines is 3. The molecule has 8 rings (SSSR count). The van der Waals surface area contributed by atoms with Gasteiger partial charge in [0.25, 0.3) is 0 Å². The molecule has 0 saturated carbocycles. The Balaban J connectivity index is 1.51. The standard InChI is InChI=1S/C41H28N2/c1-26-9-18-31(19-10-26)43(32-20-11-27(2)12-21-32)38-24-17-30-5-3-6-35-36-8-4-7-34-33(29-15-13-28(25-42)14-16-29)22-23-37(40(34)36)41(38)39(30)35/h3-24H,1-2H3. The molecule has 8 aromatic rings. The Hall–Kier alpha value is -5.65. The third-order valence-corrected chi connectivity index (χ3v) is 8.77. The van der Waals surface area contributed by atoms with Crippen LogP contribution in [-0.2, 0) is 0 Å². The lowest BCUT2D eigenvalue weighted by atomic mass is 9.86. The normalized spacial score (nSPS) is 11.5. The van der Waals surface area contributed by atoms with Gasteiger partial charge in [-0.05, 0) is 105 Å². The number of aryl methyl sites for hydroxylation is 2. The van der Waals surface area contributed by atoms with Gasteiger partial charge in [0.1, 0.15) is 0 Å². The maximum atomic E-state index is 9.36. The smallest absolute Gasteiger partial charge is 0.0991 e. The predicted octanol–water partition coefficient (Wildman–Crippen LogP) is 11.4. The summed E-state index contributed by atoms with van der Waals surface area (Å²) in [5.41, 5.74) is 8.86. The molecule has 2 nitrogen and oxygen atoms in total. The van der Waals surface area contributed by atoms with Crippen molar-refractivity contribution in [2.45, 2.75) is 13.8 Å². The zero-order valence-corrected chi connectivity index (χ0v) is 24.1. The van der Waals surface area contributed by atoms with Gasteiger partial charge in [-0.25, -0.2) is 0 Å². The third-order valence-electron chi connectivity index (χ3n) is 8.77. The highest BCUT2D eigenvalue weighted by atomic mass is 15.1. The summed E-state index contributed by atoms with van der Waals surface area (Å²) in [5.74, 6) is 0. The van der Waals surface area contributed by atoms with Gasteiger partial charge in [-0.15, -0.1) is 0 Å². The van der Waals surface area contributed by atoms with Gasteiger partial charge < -0.3 is 4.90 Å². The van der Waals surface area contributed by atoms with Gasteiger partial charge >= 0.3 is 0 Å². The molecule has 0 spiro atoms. The average molecular weight is 549 g/mol. The molecule has 0 N–H and O–H groups in total. The molecule has 0 bridgehead atoms. The van der Waals surface area contributed by atoms with Crippen LogP contribution in [-0.4, -0.2) is 0 Å². The van der Waals surface area contributed by atoms with Crippen molar-refractivity contribution in [2.75, 3.05) is 4.90 Å². The predicted molar refractivity (Wildman–Crippen MR) is 182 cm³/mol. The SMILES string of the molecule is Cc1ccc(N(c2ccc(C)cc2)c2ccc3cccc4c5cccc6c(-c7ccc(C#N)cc7)ccc(c2c34)c65)cc1. The second kappa shape index (κ2) is 9.72. The topological polar surface area (TPSA) is 27.0 Å². The Morgan fingerprint density at radius 3 is 1.74 bits per heavy atom. The second-order valence-electron chi connectivity index (χ2n) is 11.4. The average Bonchev–Trinajstić information content (AvgIpc) is 3.05. The van der Waals surface area contributed by atoms with Crippen LogP contribution in [0, 0.1) is 25.2 Å². The van der Waals surface area contributed by atoms with Crippen molar-refractivity contribution in [1.82, 2.24) is 0 Å². The Morgan fingerprint density at radius 2 is 1.09 bits per heavy atom. The molecule has 202 valence electrons. The number of fused-ring (bicyclic) bond motifs is 2. The number of rotatable bonds is 4. The van der Waals surface area contributed by atoms with Crippen LogP contribution < -0.4 is 4.90 Å². The quantitative estimate of drug-likeness (QED) is 0.162. The van der Waals surface area contributed by atoms with Crippen LogP contribution in [0.2, 0.25) is 0 Å². The summed E-state index contributed by atoms with van der Waals surface area (Å²) >= 11 is 0. The van der Waals surface area contributed by atoms with Crippen molar-refractivity contribution < 1.29 is 0 Å². The number of benzene rings is 8. The van der Waals surface area contributed by atoms with E-state index in [2.05, 4.69) is 146 Å². The lowest BCUT2D eigenvalue weighted by molar-refractivity contribution is 1.28. The van der Waals surface area contributed by atoms with Crippen LogP contribution >= 0.6 is 0 Å². The number of hydrogen-bond donors (Lipinski definition) is 0. The Kier molecular flexibility index (Phi) is 5.67. The molecule has 0 aliphatic heterocycles. The minimum Gasteiger partial charge on any atom is -0.310 e. The lowest BCUT2D eigenvalue weighted by Crippen LogP contribution is -2.11. The van der Waals surface area contributed by atoms with Crippen LogP contribution in [0.25, 0.3) is 54.2 Å². The van der Waals surface area contributed by atoms with Crippen LogP contribution in [0.3, 0.4) is 0 Å². The van der Waals surface area contributed by atoms with Crippen molar-refractivity contribution in [2.24, 2.45) is 0 Å². The minimum atomic E-state index is 0.670. The summed E-state index contributed by atoms with van der Waals surface area (Å²) in [7, 11) is 0. The second-order valence-corrected chi connectivity index (χ2v) is 11.4. The molecule has 0 aromatic heterocycles. The summed E-state index contributed by atoms with van der Waals surface area (Å²) in [6.45, 7) is 4.27. The maximum absolute atomic E-state index is 9.36. The summed E-state index contributed by atoms with van der Waals surface area (Å²) in [6, 6.07) is 50.3. The van der Waals surface area contributed by atoms with E-state index in [1.165, 1.54) is 59.8 Å². The third kappa shape index (κ3) is 3.94. The fourth-order valence-electron chi connectivity index (χ4n) is 6.68. The summed E-state index contributed by atoms with van der Waals surface area (Å²) in [5, 5.41) is 19.4. The fraction of sp³-hybridized carbons (Fsp3) is 0.0488. The molecule has 0 radical (unpaired) electrons. The van der Waals surface area contributed by atoms with Crippen LogP contribution in [0.1, 0.15) is 16.7 Å². The molecular formula is C41H28N2. The highest BCUT2D eigenvalue weighted by Crippen LogP contribution is 2.48. The van der Waals surface area contributed by atoms with Gasteiger partial charge in [0, 0.05) is 16.8 Å². The fourth-order valence-corrected chi connectivity index (χ4v) is 6.68. The largest absolute Gasteiger partial charge is 0.310 e. The Morgan fingerprint density at radius 1 is 0.488 bits per heavy atom. The van der Waals surface area contributed by atoms with Gasteiger partial charge in [-0.1, -0.05) is 102 Å². The van der Waals surface area contributed by atoms with Crippen LogP contribution in [0.15, 0.2) is 133 Å². The minimum absolute atomic E-state index is 0.670. The molecule has 0 unspecified atom stereocenters. The van der Waals surface area contributed by atoms with E-state index in [1.807, 2.05) is 12.1 Å². The molecule has 0 fully saturated rings. The molecule has 0 aliphatic rings. The molecule has 43 heavy (non-hydrogen) atoms. The molecule has 0 heterocycles. The monoisotopic (exact) mass is 548 g/mol. The summed E-state index contributed by atoms with van der Waals surface area (Å²) in [6.07, 6.45) is 0. The molecule has 0 aliphatic carbocycles. The van der Waals surface area contributed by atoms with Gasteiger partial charge in [0.05, 0.1) is 17.3 Å². The van der Waals surface area contributed by atoms with E-state index in [0.717, 1.165) is 22.6 Å². The van der Waals surface area contributed by atoms with E-state index < -0.39 is 0 Å². The number of hydrogen-bond acceptors (Lipinski definition) is 2. The molecular weight excluding hydrogens is 520 g/mol. The Labute approximate surface area is 251 Å². The van der Waals surface area contributed by atoms with Crippen molar-refractivity contribution in [3.05, 3.63) is 150 Å². The van der Waals surface area contributed by atoms with Gasteiger partial charge in [-0.3, -0.25) is 0 Å². The zero-order valence-electron chi connectivity index (χ0n) is 24.1. The first kappa shape index (κ1) is 25.1. The lowest BCUT2D eigenvalue weighted by Gasteiger charge is -2.29. The van der Waals surface area contributed by atoms with E-state index in [1.54, 1.807) is 0 Å². The van der Waals surface area contributed by atoms with Crippen molar-refractivity contribution in [3.63, 3.8) is 0 Å². The first-order valence-corrected chi connectivity index (χ1v) is 14.7. The number of nitrogens with zero attached hydrogens (tertiary/aromatic N) is 2.